The van der Waals surface area contributed by atoms with Crippen LogP contribution in [-0.4, -0.2) is 19.5 Å². The van der Waals surface area contributed by atoms with Crippen molar-refractivity contribution in [1.29, 1.82) is 0 Å². The monoisotopic (exact) mass is 222 g/mol. The van der Waals surface area contributed by atoms with E-state index in [2.05, 4.69) is 13.8 Å². The molecule has 0 saturated carbocycles. The Morgan fingerprint density at radius 2 is 1.94 bits per heavy atom. The van der Waals surface area contributed by atoms with Gasteiger partial charge in [-0.1, -0.05) is 13.8 Å². The highest BCUT2D eigenvalue weighted by molar-refractivity contribution is 5.76. The Balaban J connectivity index is 2.94. The van der Waals surface area contributed by atoms with Gasteiger partial charge in [-0.25, -0.2) is 0 Å². The van der Waals surface area contributed by atoms with Gasteiger partial charge in [-0.2, -0.15) is 0 Å². The van der Waals surface area contributed by atoms with Crippen LogP contribution in [0, 0.1) is 0 Å². The quantitative estimate of drug-likeness (QED) is 0.694. The van der Waals surface area contributed by atoms with Gasteiger partial charge in [0.25, 0.3) is 0 Å². The molecule has 0 aliphatic rings. The summed E-state index contributed by atoms with van der Waals surface area (Å²) < 4.78 is 11.0. The van der Waals surface area contributed by atoms with Crippen LogP contribution in [0.5, 0.6) is 11.5 Å². The molecule has 3 nitrogen and oxygen atoms in total. The van der Waals surface area contributed by atoms with Crippen LogP contribution in [0.15, 0.2) is 18.2 Å². The van der Waals surface area contributed by atoms with Crippen LogP contribution in [0.1, 0.15) is 37.0 Å². The summed E-state index contributed by atoms with van der Waals surface area (Å²) in [6.07, 6.45) is 2.84. The van der Waals surface area contributed by atoms with Crippen molar-refractivity contribution in [2.45, 2.75) is 32.8 Å². The predicted molar refractivity (Wildman–Crippen MR) is 63.4 cm³/mol. The average molecular weight is 222 g/mol. The summed E-state index contributed by atoms with van der Waals surface area (Å²) in [6.45, 7) is 4.15. The minimum Gasteiger partial charge on any atom is -0.493 e. The minimum atomic E-state index is 0.163. The summed E-state index contributed by atoms with van der Waals surface area (Å²) in [5.74, 6) is 1.30. The Hall–Kier alpha value is -1.51. The van der Waals surface area contributed by atoms with E-state index in [1.54, 1.807) is 25.3 Å². The maximum Gasteiger partial charge on any atom is 0.162 e. The molecule has 1 rings (SSSR count). The molecule has 88 valence electrons. The number of benzene rings is 1. The predicted octanol–water partition coefficient (Wildman–Crippen LogP) is 3.08. The summed E-state index contributed by atoms with van der Waals surface area (Å²) in [4.78, 5) is 10.7. The summed E-state index contributed by atoms with van der Waals surface area (Å²) >= 11 is 0. The Kier molecular flexibility index (Phi) is 4.83. The maximum atomic E-state index is 10.7. The van der Waals surface area contributed by atoms with Crippen molar-refractivity contribution in [1.82, 2.24) is 0 Å². The van der Waals surface area contributed by atoms with Gasteiger partial charge >= 0.3 is 0 Å². The number of aldehydes is 1. The molecular formula is C13H18O3. The molecule has 0 bridgehead atoms. The van der Waals surface area contributed by atoms with E-state index in [-0.39, 0.29) is 6.10 Å². The van der Waals surface area contributed by atoms with Crippen molar-refractivity contribution in [3.8, 4) is 11.5 Å². The van der Waals surface area contributed by atoms with Crippen molar-refractivity contribution >= 4 is 6.29 Å². The van der Waals surface area contributed by atoms with Gasteiger partial charge in [-0.15, -0.1) is 0 Å². The third-order valence-electron chi connectivity index (χ3n) is 2.53. The van der Waals surface area contributed by atoms with Gasteiger partial charge in [-0.3, -0.25) is 4.79 Å². The van der Waals surface area contributed by atoms with E-state index in [0.29, 0.717) is 17.1 Å². The van der Waals surface area contributed by atoms with E-state index in [9.17, 15) is 4.79 Å². The summed E-state index contributed by atoms with van der Waals surface area (Å²) in [5, 5.41) is 0. The van der Waals surface area contributed by atoms with Gasteiger partial charge in [0.1, 0.15) is 6.29 Å². The number of hydrogen-bond acceptors (Lipinski definition) is 3. The smallest absolute Gasteiger partial charge is 0.162 e. The van der Waals surface area contributed by atoms with Crippen molar-refractivity contribution in [2.24, 2.45) is 0 Å². The molecule has 0 saturated heterocycles. The van der Waals surface area contributed by atoms with E-state index >= 15 is 0 Å². The van der Waals surface area contributed by atoms with E-state index < -0.39 is 0 Å². The van der Waals surface area contributed by atoms with E-state index in [4.69, 9.17) is 9.47 Å². The molecule has 16 heavy (non-hydrogen) atoms. The Morgan fingerprint density at radius 3 is 2.44 bits per heavy atom. The van der Waals surface area contributed by atoms with Crippen LogP contribution < -0.4 is 9.47 Å². The molecule has 1 aromatic carbocycles. The first-order valence-corrected chi connectivity index (χ1v) is 5.55. The molecule has 0 fully saturated rings. The number of carbonyl (C=O) groups excluding carboxylic acids is 1. The lowest BCUT2D eigenvalue weighted by Crippen LogP contribution is -2.14. The summed E-state index contributed by atoms with van der Waals surface area (Å²) in [6, 6.07) is 5.18. The molecule has 0 N–H and O–H groups in total. The van der Waals surface area contributed by atoms with Crippen molar-refractivity contribution in [3.05, 3.63) is 23.8 Å². The first kappa shape index (κ1) is 12.6. The minimum absolute atomic E-state index is 0.163. The van der Waals surface area contributed by atoms with Crippen LogP contribution in [0.25, 0.3) is 0 Å². The Labute approximate surface area is 96.4 Å². The lowest BCUT2D eigenvalue weighted by atomic mass is 10.2. The zero-order chi connectivity index (χ0) is 12.0. The fourth-order valence-electron chi connectivity index (χ4n) is 1.49. The summed E-state index contributed by atoms with van der Waals surface area (Å²) in [7, 11) is 1.59. The molecule has 0 aliphatic heterocycles. The second-order valence-corrected chi connectivity index (χ2v) is 3.58. The van der Waals surface area contributed by atoms with Crippen LogP contribution >= 0.6 is 0 Å². The Morgan fingerprint density at radius 1 is 1.25 bits per heavy atom. The number of rotatable bonds is 6. The van der Waals surface area contributed by atoms with Gasteiger partial charge < -0.3 is 9.47 Å². The van der Waals surface area contributed by atoms with Gasteiger partial charge in [0.15, 0.2) is 11.5 Å². The molecular weight excluding hydrogens is 204 g/mol. The summed E-state index contributed by atoms with van der Waals surface area (Å²) in [5.41, 5.74) is 0.599. The molecule has 3 heteroatoms. The molecule has 1 aromatic rings. The van der Waals surface area contributed by atoms with Gasteiger partial charge in [0, 0.05) is 5.56 Å². The highest BCUT2D eigenvalue weighted by Gasteiger charge is 2.10. The highest BCUT2D eigenvalue weighted by Crippen LogP contribution is 2.29. The average Bonchev–Trinajstić information content (AvgIpc) is 2.35. The second-order valence-electron chi connectivity index (χ2n) is 3.58. The number of carbonyl (C=O) groups is 1. The van der Waals surface area contributed by atoms with E-state index in [1.165, 1.54) is 0 Å². The topological polar surface area (TPSA) is 35.5 Å². The number of methoxy groups -OCH3 is 1. The fraction of sp³-hybridized carbons (Fsp3) is 0.462. The lowest BCUT2D eigenvalue weighted by molar-refractivity contribution is 0.112. The SMILES string of the molecule is CCC(CC)Oc1cc(C=O)ccc1OC. The molecule has 0 heterocycles. The molecule has 0 amide bonds. The van der Waals surface area contributed by atoms with Crippen molar-refractivity contribution in [2.75, 3.05) is 7.11 Å². The number of ether oxygens (including phenoxy) is 2. The standard InChI is InChI=1S/C13H18O3/c1-4-11(5-2)16-13-8-10(9-14)6-7-12(13)15-3/h6-9,11H,4-5H2,1-3H3. The molecule has 0 radical (unpaired) electrons. The first-order valence-electron chi connectivity index (χ1n) is 5.55. The van der Waals surface area contributed by atoms with Gasteiger partial charge in [0.05, 0.1) is 13.2 Å². The van der Waals surface area contributed by atoms with Crippen molar-refractivity contribution < 1.29 is 14.3 Å². The van der Waals surface area contributed by atoms with Crippen molar-refractivity contribution in [3.63, 3.8) is 0 Å². The van der Waals surface area contributed by atoms with Gasteiger partial charge in [0.2, 0.25) is 0 Å². The zero-order valence-electron chi connectivity index (χ0n) is 10.0. The highest BCUT2D eigenvalue weighted by atomic mass is 16.5. The largest absolute Gasteiger partial charge is 0.493 e. The molecule has 0 aromatic heterocycles. The lowest BCUT2D eigenvalue weighted by Gasteiger charge is -2.17. The van der Waals surface area contributed by atoms with Crippen LogP contribution in [-0.2, 0) is 0 Å². The normalized spacial score (nSPS) is 10.2. The molecule has 0 atom stereocenters. The molecule has 0 aliphatic carbocycles. The third-order valence-corrected chi connectivity index (χ3v) is 2.53. The maximum absolute atomic E-state index is 10.7. The van der Waals surface area contributed by atoms with E-state index in [1.807, 2.05) is 0 Å². The van der Waals surface area contributed by atoms with Crippen LogP contribution in [0.4, 0.5) is 0 Å². The second kappa shape index (κ2) is 6.16. The molecule has 0 spiro atoms. The van der Waals surface area contributed by atoms with Crippen LogP contribution in [0.3, 0.4) is 0 Å². The first-order chi connectivity index (χ1) is 7.74. The van der Waals surface area contributed by atoms with Gasteiger partial charge in [-0.05, 0) is 31.0 Å². The fourth-order valence-corrected chi connectivity index (χ4v) is 1.49. The van der Waals surface area contributed by atoms with Crippen LogP contribution in [0.2, 0.25) is 0 Å². The number of hydrogen-bond donors (Lipinski definition) is 0. The third kappa shape index (κ3) is 2.99. The Bertz CT molecular complexity index is 343. The van der Waals surface area contributed by atoms with E-state index in [0.717, 1.165) is 19.1 Å². The molecule has 0 unspecified atom stereocenters. The zero-order valence-corrected chi connectivity index (χ0v) is 10.0.